The van der Waals surface area contributed by atoms with Crippen molar-refractivity contribution in [1.29, 1.82) is 0 Å². The second-order valence-corrected chi connectivity index (χ2v) is 10.4. The first-order valence-corrected chi connectivity index (χ1v) is 11.7. The first-order valence-electron chi connectivity index (χ1n) is 10.1. The zero-order chi connectivity index (χ0) is 21.3. The van der Waals surface area contributed by atoms with Gasteiger partial charge in [0.1, 0.15) is 5.76 Å². The van der Waals surface area contributed by atoms with Crippen LogP contribution >= 0.6 is 0 Å². The quantitative estimate of drug-likeness (QED) is 0.709. The molecule has 1 aromatic rings. The van der Waals surface area contributed by atoms with Crippen LogP contribution in [0.25, 0.3) is 0 Å². The van der Waals surface area contributed by atoms with Crippen molar-refractivity contribution >= 4 is 21.8 Å². The first-order chi connectivity index (χ1) is 13.6. The van der Waals surface area contributed by atoms with Crippen molar-refractivity contribution in [2.45, 2.75) is 59.0 Å². The Hall–Kier alpha value is -1.94. The molecule has 2 saturated heterocycles. The summed E-state index contributed by atoms with van der Waals surface area (Å²) in [6.07, 6.45) is 1.29. The highest BCUT2D eigenvalue weighted by atomic mass is 32.2. The third kappa shape index (κ3) is 4.80. The minimum Gasteiger partial charge on any atom is -0.361 e. The third-order valence-corrected chi connectivity index (χ3v) is 7.28. The number of nitrogens with one attached hydrogen (secondary N) is 1. The number of rotatable bonds is 6. The minimum atomic E-state index is -3.59. The molecule has 29 heavy (non-hydrogen) atoms. The number of hydrogen-bond donors (Lipinski definition) is 1. The summed E-state index contributed by atoms with van der Waals surface area (Å²) in [6.45, 7) is 8.44. The van der Waals surface area contributed by atoms with Crippen molar-refractivity contribution < 1.29 is 22.5 Å². The average Bonchev–Trinajstić information content (AvgIpc) is 3.16. The van der Waals surface area contributed by atoms with Crippen LogP contribution < -0.4 is 5.32 Å². The summed E-state index contributed by atoms with van der Waals surface area (Å²) in [5, 5.41) is 6.90. The number of amides is 2. The van der Waals surface area contributed by atoms with E-state index in [-0.39, 0.29) is 36.1 Å². The van der Waals surface area contributed by atoms with Crippen LogP contribution in [0, 0.1) is 19.8 Å². The molecule has 0 aromatic carbocycles. The fourth-order valence-corrected chi connectivity index (χ4v) is 5.70. The van der Waals surface area contributed by atoms with Gasteiger partial charge in [0.25, 0.3) is 5.91 Å². The molecule has 0 unspecified atom stereocenters. The molecule has 3 heterocycles. The molecular formula is C19H30N4O5S. The van der Waals surface area contributed by atoms with Gasteiger partial charge >= 0.3 is 0 Å². The lowest BCUT2D eigenvalue weighted by atomic mass is 10.1. The van der Waals surface area contributed by atoms with Crippen LogP contribution in [0.4, 0.5) is 0 Å². The zero-order valence-electron chi connectivity index (χ0n) is 17.5. The summed E-state index contributed by atoms with van der Waals surface area (Å²) in [5.74, 6) is 0.243. The molecule has 2 amide bonds. The molecule has 9 nitrogen and oxygen atoms in total. The van der Waals surface area contributed by atoms with Gasteiger partial charge in [-0.15, -0.1) is 0 Å². The Morgan fingerprint density at radius 3 is 2.69 bits per heavy atom. The number of fused-ring (bicyclic) bond motifs is 1. The molecule has 1 N–H and O–H groups in total. The highest BCUT2D eigenvalue weighted by Gasteiger charge is 2.45. The summed E-state index contributed by atoms with van der Waals surface area (Å²) >= 11 is 0. The van der Waals surface area contributed by atoms with E-state index in [0.717, 1.165) is 21.3 Å². The molecule has 10 heteroatoms. The van der Waals surface area contributed by atoms with Crippen molar-refractivity contribution in [3.8, 4) is 0 Å². The molecule has 0 spiro atoms. The average molecular weight is 427 g/mol. The van der Waals surface area contributed by atoms with E-state index in [4.69, 9.17) is 4.52 Å². The Morgan fingerprint density at radius 1 is 1.34 bits per heavy atom. The maximum Gasteiger partial charge on any atom is 0.253 e. The van der Waals surface area contributed by atoms with Crippen LogP contribution in [0.2, 0.25) is 0 Å². The van der Waals surface area contributed by atoms with Crippen LogP contribution in [-0.4, -0.2) is 72.1 Å². The van der Waals surface area contributed by atoms with Gasteiger partial charge in [0, 0.05) is 37.7 Å². The minimum absolute atomic E-state index is 0.0569. The molecule has 1 aromatic heterocycles. The van der Waals surface area contributed by atoms with Crippen LogP contribution in [0.3, 0.4) is 0 Å². The van der Waals surface area contributed by atoms with Gasteiger partial charge in [0.05, 0.1) is 17.5 Å². The predicted molar refractivity (Wildman–Crippen MR) is 107 cm³/mol. The van der Waals surface area contributed by atoms with Gasteiger partial charge in [0.2, 0.25) is 15.9 Å². The molecule has 2 fully saturated rings. The van der Waals surface area contributed by atoms with Gasteiger partial charge in [-0.25, -0.2) is 12.7 Å². The smallest absolute Gasteiger partial charge is 0.253 e. The largest absolute Gasteiger partial charge is 0.361 e. The lowest BCUT2D eigenvalue weighted by Crippen LogP contribution is -2.45. The first kappa shape index (κ1) is 21.8. The molecule has 2 aliphatic rings. The highest BCUT2D eigenvalue weighted by molar-refractivity contribution is 7.89. The second kappa shape index (κ2) is 8.43. The van der Waals surface area contributed by atoms with E-state index < -0.39 is 16.1 Å². The molecule has 0 aliphatic carbocycles. The number of nitrogens with zero attached hydrogens (tertiary/aromatic N) is 3. The zero-order valence-corrected chi connectivity index (χ0v) is 18.3. The van der Waals surface area contributed by atoms with Gasteiger partial charge in [-0.05, 0) is 32.6 Å². The lowest BCUT2D eigenvalue weighted by Gasteiger charge is -2.25. The summed E-state index contributed by atoms with van der Waals surface area (Å²) in [5.41, 5.74) is 1.74. The van der Waals surface area contributed by atoms with Crippen molar-refractivity contribution in [2.24, 2.45) is 5.92 Å². The van der Waals surface area contributed by atoms with Crippen LogP contribution in [0.5, 0.6) is 0 Å². The molecule has 0 saturated carbocycles. The fourth-order valence-electron chi connectivity index (χ4n) is 4.09. The summed E-state index contributed by atoms with van der Waals surface area (Å²) in [6, 6.07) is -0.665. The maximum atomic E-state index is 12.9. The van der Waals surface area contributed by atoms with E-state index in [9.17, 15) is 18.0 Å². The molecule has 2 aliphatic heterocycles. The van der Waals surface area contributed by atoms with Crippen molar-refractivity contribution in [3.63, 3.8) is 0 Å². The normalized spacial score (nSPS) is 24.6. The second-order valence-electron chi connectivity index (χ2n) is 8.39. The van der Waals surface area contributed by atoms with Crippen molar-refractivity contribution in [3.05, 3.63) is 17.0 Å². The topological polar surface area (TPSA) is 113 Å². The SMILES string of the molecule is Cc1noc(C)c1CCC(=O)N[C@H]1C[C@H]2C(=O)N(CC(C)C)S(=O)(=O)CCN2C1. The number of hydrogen-bond acceptors (Lipinski definition) is 7. The van der Waals surface area contributed by atoms with Crippen LogP contribution in [0.1, 0.15) is 43.7 Å². The summed E-state index contributed by atoms with van der Waals surface area (Å²) in [7, 11) is -3.59. The summed E-state index contributed by atoms with van der Waals surface area (Å²) in [4.78, 5) is 27.2. The van der Waals surface area contributed by atoms with Crippen LogP contribution in [0.15, 0.2) is 4.52 Å². The Kier molecular flexibility index (Phi) is 6.33. The monoisotopic (exact) mass is 426 g/mol. The number of carbonyl (C=O) groups is 2. The fraction of sp³-hybridized carbons (Fsp3) is 0.737. The molecule has 0 bridgehead atoms. The van der Waals surface area contributed by atoms with E-state index in [1.807, 2.05) is 32.6 Å². The Balaban J connectivity index is 1.60. The van der Waals surface area contributed by atoms with Crippen molar-refractivity contribution in [2.75, 3.05) is 25.4 Å². The van der Waals surface area contributed by atoms with Gasteiger partial charge in [-0.3, -0.25) is 14.5 Å². The van der Waals surface area contributed by atoms with E-state index in [2.05, 4.69) is 10.5 Å². The number of sulfonamides is 1. The molecule has 3 rings (SSSR count). The van der Waals surface area contributed by atoms with E-state index >= 15 is 0 Å². The Labute approximate surface area is 171 Å². The molecule has 162 valence electrons. The van der Waals surface area contributed by atoms with Crippen molar-refractivity contribution in [1.82, 2.24) is 19.7 Å². The predicted octanol–water partition coefficient (Wildman–Crippen LogP) is 0.611. The van der Waals surface area contributed by atoms with Gasteiger partial charge < -0.3 is 9.84 Å². The number of aromatic nitrogens is 1. The summed E-state index contributed by atoms with van der Waals surface area (Å²) < 4.78 is 31.1. The van der Waals surface area contributed by atoms with E-state index in [1.54, 1.807) is 0 Å². The Morgan fingerprint density at radius 2 is 2.07 bits per heavy atom. The van der Waals surface area contributed by atoms with Gasteiger partial charge in [-0.2, -0.15) is 0 Å². The third-order valence-electron chi connectivity index (χ3n) is 5.59. The van der Waals surface area contributed by atoms with Crippen LogP contribution in [-0.2, 0) is 26.0 Å². The van der Waals surface area contributed by atoms with E-state index in [1.165, 1.54) is 0 Å². The lowest BCUT2D eigenvalue weighted by molar-refractivity contribution is -0.131. The maximum absolute atomic E-state index is 12.9. The number of carbonyl (C=O) groups excluding carboxylic acids is 2. The molecular weight excluding hydrogens is 396 g/mol. The molecule has 0 radical (unpaired) electrons. The van der Waals surface area contributed by atoms with Gasteiger partial charge in [0.15, 0.2) is 0 Å². The van der Waals surface area contributed by atoms with E-state index in [0.29, 0.717) is 32.4 Å². The standard InChI is InChI=1S/C19H30N4O5S/c1-12(2)10-23-19(25)17-9-15(11-22(17)7-8-29(23,26)27)20-18(24)6-5-16-13(3)21-28-14(16)4/h12,15,17H,5-11H2,1-4H3,(H,20,24)/t15-,17-/m0/s1. The highest BCUT2D eigenvalue weighted by Crippen LogP contribution is 2.25. The Bertz CT molecular complexity index is 860. The molecule has 2 atom stereocenters. The van der Waals surface area contributed by atoms with Gasteiger partial charge in [-0.1, -0.05) is 19.0 Å². The number of aryl methyl sites for hydroxylation is 2.